The lowest BCUT2D eigenvalue weighted by molar-refractivity contribution is 0.0956. The smallest absolute Gasteiger partial charge is 0.251 e. The molecule has 0 saturated carbocycles. The molecule has 23 heavy (non-hydrogen) atoms. The Morgan fingerprint density at radius 1 is 1.17 bits per heavy atom. The molecule has 4 nitrogen and oxygen atoms in total. The van der Waals surface area contributed by atoms with Crippen molar-refractivity contribution in [2.24, 2.45) is 0 Å². The van der Waals surface area contributed by atoms with E-state index in [1.165, 1.54) is 5.56 Å². The van der Waals surface area contributed by atoms with Crippen LogP contribution in [-0.2, 0) is 13.0 Å². The maximum atomic E-state index is 11.9. The van der Waals surface area contributed by atoms with Crippen molar-refractivity contribution >= 4 is 5.91 Å². The highest BCUT2D eigenvalue weighted by Crippen LogP contribution is 2.24. The van der Waals surface area contributed by atoms with Crippen molar-refractivity contribution in [3.63, 3.8) is 0 Å². The number of benzene rings is 2. The standard InChI is InChI=1S/C19H21NO3/c1-13-5-8-18(22-2)15(10-13)12-23-16-6-7-17-14(11-16)4-3-9-20-19(17)21/h5-8,10-11H,3-4,9,12H2,1-2H3,(H,20,21). The Morgan fingerprint density at radius 2 is 2.04 bits per heavy atom. The fraction of sp³-hybridized carbons (Fsp3) is 0.316. The van der Waals surface area contributed by atoms with E-state index >= 15 is 0 Å². The minimum Gasteiger partial charge on any atom is -0.496 e. The fourth-order valence-electron chi connectivity index (χ4n) is 2.85. The van der Waals surface area contributed by atoms with E-state index < -0.39 is 0 Å². The zero-order valence-electron chi connectivity index (χ0n) is 13.5. The topological polar surface area (TPSA) is 47.6 Å². The van der Waals surface area contributed by atoms with Gasteiger partial charge >= 0.3 is 0 Å². The summed E-state index contributed by atoms with van der Waals surface area (Å²) in [6.07, 6.45) is 1.84. The van der Waals surface area contributed by atoms with E-state index in [9.17, 15) is 4.79 Å². The van der Waals surface area contributed by atoms with Gasteiger partial charge in [-0.05, 0) is 55.7 Å². The van der Waals surface area contributed by atoms with Crippen LogP contribution in [0, 0.1) is 6.92 Å². The normalized spacial score (nSPS) is 13.7. The number of carbonyl (C=O) groups excluding carboxylic acids is 1. The number of hydrogen-bond acceptors (Lipinski definition) is 3. The summed E-state index contributed by atoms with van der Waals surface area (Å²) >= 11 is 0. The van der Waals surface area contributed by atoms with Crippen LogP contribution in [0.4, 0.5) is 0 Å². The van der Waals surface area contributed by atoms with Crippen molar-refractivity contribution in [2.75, 3.05) is 13.7 Å². The van der Waals surface area contributed by atoms with Crippen LogP contribution in [0.2, 0.25) is 0 Å². The molecule has 1 amide bonds. The molecule has 2 aromatic rings. The number of carbonyl (C=O) groups is 1. The van der Waals surface area contributed by atoms with Crippen LogP contribution in [0.5, 0.6) is 11.5 Å². The molecule has 0 aromatic heterocycles. The first-order valence-electron chi connectivity index (χ1n) is 7.85. The van der Waals surface area contributed by atoms with Gasteiger partial charge in [0.05, 0.1) is 7.11 Å². The summed E-state index contributed by atoms with van der Waals surface area (Å²) in [7, 11) is 1.66. The quantitative estimate of drug-likeness (QED) is 0.943. The monoisotopic (exact) mass is 311 g/mol. The summed E-state index contributed by atoms with van der Waals surface area (Å²) in [5.74, 6) is 1.61. The van der Waals surface area contributed by atoms with E-state index in [4.69, 9.17) is 9.47 Å². The molecule has 0 spiro atoms. The lowest BCUT2D eigenvalue weighted by atomic mass is 10.0. The average molecular weight is 311 g/mol. The Balaban J connectivity index is 1.78. The Kier molecular flexibility index (Phi) is 4.51. The molecule has 1 aliphatic rings. The van der Waals surface area contributed by atoms with Crippen molar-refractivity contribution in [3.8, 4) is 11.5 Å². The van der Waals surface area contributed by atoms with Crippen LogP contribution in [0.1, 0.15) is 33.5 Å². The maximum Gasteiger partial charge on any atom is 0.251 e. The number of ether oxygens (including phenoxy) is 2. The second kappa shape index (κ2) is 6.73. The van der Waals surface area contributed by atoms with E-state index in [0.717, 1.165) is 47.6 Å². The van der Waals surface area contributed by atoms with E-state index in [0.29, 0.717) is 6.61 Å². The largest absolute Gasteiger partial charge is 0.496 e. The number of hydrogen-bond donors (Lipinski definition) is 1. The molecule has 0 bridgehead atoms. The van der Waals surface area contributed by atoms with Crippen molar-refractivity contribution in [1.82, 2.24) is 5.32 Å². The molecule has 120 valence electrons. The molecule has 1 aliphatic heterocycles. The lowest BCUT2D eigenvalue weighted by Crippen LogP contribution is -2.22. The molecule has 3 rings (SSSR count). The average Bonchev–Trinajstić information content (AvgIpc) is 2.74. The summed E-state index contributed by atoms with van der Waals surface area (Å²) in [6, 6.07) is 11.7. The van der Waals surface area contributed by atoms with E-state index in [1.54, 1.807) is 7.11 Å². The molecule has 0 fully saturated rings. The summed E-state index contributed by atoms with van der Waals surface area (Å²) < 4.78 is 11.3. The first kappa shape index (κ1) is 15.4. The molecule has 0 radical (unpaired) electrons. The predicted molar refractivity (Wildman–Crippen MR) is 89.2 cm³/mol. The maximum absolute atomic E-state index is 11.9. The molecule has 1 N–H and O–H groups in total. The van der Waals surface area contributed by atoms with E-state index in [1.807, 2.05) is 37.3 Å². The first-order valence-corrected chi connectivity index (χ1v) is 7.85. The van der Waals surface area contributed by atoms with Crippen LogP contribution >= 0.6 is 0 Å². The van der Waals surface area contributed by atoms with Crippen LogP contribution < -0.4 is 14.8 Å². The SMILES string of the molecule is COc1ccc(C)cc1COc1ccc2c(c1)CCCNC2=O. The zero-order valence-corrected chi connectivity index (χ0v) is 13.5. The highest BCUT2D eigenvalue weighted by molar-refractivity contribution is 5.96. The van der Waals surface area contributed by atoms with E-state index in [2.05, 4.69) is 11.4 Å². The molecule has 4 heteroatoms. The van der Waals surface area contributed by atoms with Crippen molar-refractivity contribution in [3.05, 3.63) is 58.7 Å². The molecule has 0 aliphatic carbocycles. The Morgan fingerprint density at radius 3 is 2.87 bits per heavy atom. The summed E-state index contributed by atoms with van der Waals surface area (Å²) in [4.78, 5) is 11.9. The van der Waals surface area contributed by atoms with Crippen molar-refractivity contribution in [1.29, 1.82) is 0 Å². The van der Waals surface area contributed by atoms with Gasteiger partial charge in [0, 0.05) is 17.7 Å². The number of amides is 1. The van der Waals surface area contributed by atoms with Gasteiger partial charge in [-0.1, -0.05) is 11.6 Å². The predicted octanol–water partition coefficient (Wildman–Crippen LogP) is 3.26. The third-order valence-corrected chi connectivity index (χ3v) is 4.06. The Labute approximate surface area is 136 Å². The summed E-state index contributed by atoms with van der Waals surface area (Å²) in [6.45, 7) is 3.21. The zero-order chi connectivity index (χ0) is 16.2. The minimum absolute atomic E-state index is 0.00408. The molecular formula is C19H21NO3. The second-order valence-electron chi connectivity index (χ2n) is 5.78. The highest BCUT2D eigenvalue weighted by Gasteiger charge is 2.15. The van der Waals surface area contributed by atoms with Crippen molar-refractivity contribution in [2.45, 2.75) is 26.4 Å². The van der Waals surface area contributed by atoms with Gasteiger partial charge < -0.3 is 14.8 Å². The minimum atomic E-state index is 0.00408. The molecule has 0 atom stereocenters. The van der Waals surface area contributed by atoms with Gasteiger partial charge in [-0.25, -0.2) is 0 Å². The number of methoxy groups -OCH3 is 1. The van der Waals surface area contributed by atoms with E-state index in [-0.39, 0.29) is 5.91 Å². The molecule has 0 saturated heterocycles. The Bertz CT molecular complexity index is 725. The van der Waals surface area contributed by atoms with Gasteiger partial charge in [0.2, 0.25) is 0 Å². The molecule has 2 aromatic carbocycles. The van der Waals surface area contributed by atoms with Crippen molar-refractivity contribution < 1.29 is 14.3 Å². The summed E-state index contributed by atoms with van der Waals surface area (Å²) in [5, 5.41) is 2.90. The van der Waals surface area contributed by atoms with Gasteiger partial charge in [0.15, 0.2) is 0 Å². The third kappa shape index (κ3) is 3.47. The van der Waals surface area contributed by atoms with Crippen LogP contribution in [0.15, 0.2) is 36.4 Å². The molecule has 1 heterocycles. The van der Waals surface area contributed by atoms with Gasteiger partial charge in [0.1, 0.15) is 18.1 Å². The molecule has 0 unspecified atom stereocenters. The number of aryl methyl sites for hydroxylation is 2. The number of fused-ring (bicyclic) bond motifs is 1. The van der Waals surface area contributed by atoms with Gasteiger partial charge in [-0.3, -0.25) is 4.79 Å². The molecular weight excluding hydrogens is 290 g/mol. The Hall–Kier alpha value is -2.49. The number of rotatable bonds is 4. The highest BCUT2D eigenvalue weighted by atomic mass is 16.5. The van der Waals surface area contributed by atoms with Gasteiger partial charge in [-0.2, -0.15) is 0 Å². The fourth-order valence-corrected chi connectivity index (χ4v) is 2.85. The van der Waals surface area contributed by atoms with Gasteiger partial charge in [0.25, 0.3) is 5.91 Å². The van der Waals surface area contributed by atoms with Crippen LogP contribution in [-0.4, -0.2) is 19.6 Å². The third-order valence-electron chi connectivity index (χ3n) is 4.06. The first-order chi connectivity index (χ1) is 11.2. The summed E-state index contributed by atoms with van der Waals surface area (Å²) in [5.41, 5.74) is 3.99. The second-order valence-corrected chi connectivity index (χ2v) is 5.78. The lowest BCUT2D eigenvalue weighted by Gasteiger charge is -2.12. The van der Waals surface area contributed by atoms with Crippen LogP contribution in [0.25, 0.3) is 0 Å². The van der Waals surface area contributed by atoms with Gasteiger partial charge in [-0.15, -0.1) is 0 Å². The number of nitrogens with one attached hydrogen (secondary N) is 1. The van der Waals surface area contributed by atoms with Crippen LogP contribution in [0.3, 0.4) is 0 Å².